The topological polar surface area (TPSA) is 36.7 Å². The number of rotatable bonds is 0. The molecular formula is C10H5ClN2. The summed E-state index contributed by atoms with van der Waals surface area (Å²) < 4.78 is 0. The maximum Gasteiger partial charge on any atom is 0.101 e. The highest BCUT2D eigenvalue weighted by molar-refractivity contribution is 6.35. The average Bonchev–Trinajstić information content (AvgIpc) is 2.18. The van der Waals surface area contributed by atoms with E-state index in [4.69, 9.17) is 16.9 Å². The van der Waals surface area contributed by atoms with Gasteiger partial charge in [-0.1, -0.05) is 23.7 Å². The van der Waals surface area contributed by atoms with Crippen LogP contribution in [0.25, 0.3) is 10.8 Å². The molecule has 0 aliphatic heterocycles. The number of nitrogens with zero attached hydrogens (tertiary/aromatic N) is 2. The highest BCUT2D eigenvalue weighted by Crippen LogP contribution is 2.24. The van der Waals surface area contributed by atoms with E-state index in [0.717, 1.165) is 10.8 Å². The van der Waals surface area contributed by atoms with Crippen molar-refractivity contribution in [1.82, 2.24) is 4.98 Å². The van der Waals surface area contributed by atoms with Gasteiger partial charge in [0.1, 0.15) is 6.07 Å². The van der Waals surface area contributed by atoms with Crippen LogP contribution in [-0.2, 0) is 0 Å². The smallest absolute Gasteiger partial charge is 0.101 e. The molecule has 0 unspecified atom stereocenters. The monoisotopic (exact) mass is 188 g/mol. The molecule has 0 fully saturated rings. The first-order valence-electron chi connectivity index (χ1n) is 3.75. The summed E-state index contributed by atoms with van der Waals surface area (Å²) in [5.41, 5.74) is 0.556. The molecule has 0 aliphatic rings. The van der Waals surface area contributed by atoms with Crippen LogP contribution in [0.4, 0.5) is 0 Å². The zero-order valence-electron chi connectivity index (χ0n) is 6.66. The Labute approximate surface area is 80.4 Å². The van der Waals surface area contributed by atoms with Crippen molar-refractivity contribution >= 4 is 22.4 Å². The molecule has 0 amide bonds. The van der Waals surface area contributed by atoms with Crippen molar-refractivity contribution in [2.75, 3.05) is 0 Å². The molecule has 1 aromatic heterocycles. The first-order chi connectivity index (χ1) is 6.33. The Morgan fingerprint density at radius 1 is 1.23 bits per heavy atom. The summed E-state index contributed by atoms with van der Waals surface area (Å²) in [7, 11) is 0. The molecule has 0 spiro atoms. The van der Waals surface area contributed by atoms with Gasteiger partial charge in [-0.25, -0.2) is 0 Å². The number of fused-ring (bicyclic) bond motifs is 1. The fraction of sp³-hybridized carbons (Fsp3) is 0. The lowest BCUT2D eigenvalue weighted by molar-refractivity contribution is 1.34. The molecule has 3 heteroatoms. The van der Waals surface area contributed by atoms with Crippen LogP contribution in [0.3, 0.4) is 0 Å². The summed E-state index contributed by atoms with van der Waals surface area (Å²) in [5.74, 6) is 0. The van der Waals surface area contributed by atoms with E-state index in [2.05, 4.69) is 11.1 Å². The number of nitriles is 1. The van der Waals surface area contributed by atoms with Crippen molar-refractivity contribution in [2.45, 2.75) is 0 Å². The van der Waals surface area contributed by atoms with Crippen LogP contribution in [0.5, 0.6) is 0 Å². The first kappa shape index (κ1) is 8.03. The van der Waals surface area contributed by atoms with Gasteiger partial charge in [-0.15, -0.1) is 0 Å². The Morgan fingerprint density at radius 3 is 2.85 bits per heavy atom. The second-order valence-corrected chi connectivity index (χ2v) is 3.04. The van der Waals surface area contributed by atoms with Gasteiger partial charge in [0.2, 0.25) is 0 Å². The van der Waals surface area contributed by atoms with Crippen molar-refractivity contribution in [3.05, 3.63) is 41.2 Å². The Hall–Kier alpha value is -1.59. The number of halogens is 1. The van der Waals surface area contributed by atoms with Crippen LogP contribution < -0.4 is 0 Å². The molecule has 0 aliphatic carbocycles. The molecule has 0 N–H and O–H groups in total. The van der Waals surface area contributed by atoms with Gasteiger partial charge in [-0.05, 0) is 6.07 Å². The summed E-state index contributed by atoms with van der Waals surface area (Å²) in [5, 5.41) is 11.1. The van der Waals surface area contributed by atoms with Gasteiger partial charge in [0.05, 0.1) is 5.56 Å². The highest BCUT2D eigenvalue weighted by atomic mass is 35.5. The van der Waals surface area contributed by atoms with Gasteiger partial charge < -0.3 is 0 Å². The fourth-order valence-corrected chi connectivity index (χ4v) is 1.47. The van der Waals surface area contributed by atoms with Gasteiger partial charge in [0.25, 0.3) is 0 Å². The van der Waals surface area contributed by atoms with Gasteiger partial charge >= 0.3 is 0 Å². The minimum Gasteiger partial charge on any atom is -0.263 e. The van der Waals surface area contributed by atoms with E-state index in [9.17, 15) is 0 Å². The molecule has 62 valence electrons. The summed E-state index contributed by atoms with van der Waals surface area (Å²) in [6.45, 7) is 0. The number of hydrogen-bond acceptors (Lipinski definition) is 2. The molecule has 2 aromatic rings. The van der Waals surface area contributed by atoms with Crippen molar-refractivity contribution in [2.24, 2.45) is 0 Å². The van der Waals surface area contributed by atoms with E-state index < -0.39 is 0 Å². The third-order valence-corrected chi connectivity index (χ3v) is 2.20. The Kier molecular flexibility index (Phi) is 1.88. The highest BCUT2D eigenvalue weighted by Gasteiger charge is 2.02. The lowest BCUT2D eigenvalue weighted by Gasteiger charge is -1.99. The van der Waals surface area contributed by atoms with Crippen LogP contribution in [0.2, 0.25) is 5.02 Å². The molecule has 0 saturated carbocycles. The molecule has 1 heterocycles. The van der Waals surface area contributed by atoms with Crippen molar-refractivity contribution in [3.8, 4) is 6.07 Å². The molecule has 0 saturated heterocycles. The summed E-state index contributed by atoms with van der Waals surface area (Å²) in [4.78, 5) is 3.94. The van der Waals surface area contributed by atoms with Crippen LogP contribution in [0.1, 0.15) is 5.56 Å². The van der Waals surface area contributed by atoms with E-state index in [1.807, 2.05) is 12.1 Å². The lowest BCUT2D eigenvalue weighted by Crippen LogP contribution is -1.82. The van der Waals surface area contributed by atoms with Gasteiger partial charge in [-0.2, -0.15) is 5.26 Å². The third kappa shape index (κ3) is 1.24. The molecule has 0 atom stereocenters. The average molecular weight is 189 g/mol. The summed E-state index contributed by atoms with van der Waals surface area (Å²) in [6.07, 6.45) is 3.21. The second-order valence-electron chi connectivity index (χ2n) is 2.63. The van der Waals surface area contributed by atoms with Crippen LogP contribution in [-0.4, -0.2) is 4.98 Å². The lowest BCUT2D eigenvalue weighted by atomic mass is 10.1. The first-order valence-corrected chi connectivity index (χ1v) is 4.13. The largest absolute Gasteiger partial charge is 0.263 e. The van der Waals surface area contributed by atoms with Crippen LogP contribution >= 0.6 is 11.6 Å². The number of benzene rings is 1. The predicted molar refractivity (Wildman–Crippen MR) is 51.5 cm³/mol. The number of aromatic nitrogens is 1. The fourth-order valence-electron chi connectivity index (χ4n) is 1.25. The van der Waals surface area contributed by atoms with Gasteiger partial charge in [0, 0.05) is 28.2 Å². The number of pyridine rings is 1. The normalized spacial score (nSPS) is 9.85. The molecule has 2 nitrogen and oxygen atoms in total. The molecule has 0 bridgehead atoms. The van der Waals surface area contributed by atoms with Crippen molar-refractivity contribution < 1.29 is 0 Å². The molecule has 2 rings (SSSR count). The maximum atomic E-state index is 8.79. The quantitative estimate of drug-likeness (QED) is 0.638. The number of hydrogen-bond donors (Lipinski definition) is 0. The molecule has 13 heavy (non-hydrogen) atoms. The van der Waals surface area contributed by atoms with E-state index >= 15 is 0 Å². The van der Waals surface area contributed by atoms with E-state index in [0.29, 0.717) is 10.6 Å². The second kappa shape index (κ2) is 3.04. The van der Waals surface area contributed by atoms with Crippen molar-refractivity contribution in [1.29, 1.82) is 5.26 Å². The Bertz CT molecular complexity index is 500. The zero-order chi connectivity index (χ0) is 9.26. The van der Waals surface area contributed by atoms with Crippen LogP contribution in [0, 0.1) is 11.3 Å². The minimum absolute atomic E-state index is 0.556. The van der Waals surface area contributed by atoms with Gasteiger partial charge in [-0.3, -0.25) is 4.98 Å². The third-order valence-electron chi connectivity index (χ3n) is 1.87. The van der Waals surface area contributed by atoms with E-state index in [1.165, 1.54) is 0 Å². The van der Waals surface area contributed by atoms with Crippen molar-refractivity contribution in [3.63, 3.8) is 0 Å². The summed E-state index contributed by atoms with van der Waals surface area (Å²) in [6, 6.07) is 7.55. The van der Waals surface area contributed by atoms with Gasteiger partial charge in [0.15, 0.2) is 0 Å². The minimum atomic E-state index is 0.556. The molecule has 0 radical (unpaired) electrons. The van der Waals surface area contributed by atoms with E-state index in [-0.39, 0.29) is 0 Å². The molecule has 1 aromatic carbocycles. The maximum absolute atomic E-state index is 8.79. The standard InChI is InChI=1S/C10H5ClN2/c11-10-3-1-2-8-7(4-12)5-13-6-9(8)10/h1-3,5-6H. The van der Waals surface area contributed by atoms with Crippen LogP contribution in [0.15, 0.2) is 30.6 Å². The van der Waals surface area contributed by atoms with E-state index in [1.54, 1.807) is 18.5 Å². The molecular weight excluding hydrogens is 184 g/mol. The zero-order valence-corrected chi connectivity index (χ0v) is 7.42. The predicted octanol–water partition coefficient (Wildman–Crippen LogP) is 2.76. The summed E-state index contributed by atoms with van der Waals surface area (Å²) >= 11 is 5.94. The Balaban J connectivity index is 2.94. The Morgan fingerprint density at radius 2 is 2.08 bits per heavy atom. The SMILES string of the molecule is N#Cc1cncc2c(Cl)cccc12.